The highest BCUT2D eigenvalue weighted by Gasteiger charge is 2.09. The average molecular weight is 309 g/mol. The molecule has 3 aromatic rings. The van der Waals surface area contributed by atoms with E-state index >= 15 is 0 Å². The molecule has 2 N–H and O–H groups in total. The van der Waals surface area contributed by atoms with E-state index in [-0.39, 0.29) is 12.5 Å². The van der Waals surface area contributed by atoms with Gasteiger partial charge in [0.25, 0.3) is 11.1 Å². The molecule has 0 bridgehead atoms. The fraction of sp³-hybridized carbons (Fsp3) is 0.118. The molecule has 116 valence electrons. The third-order valence-corrected chi connectivity index (χ3v) is 3.52. The van der Waals surface area contributed by atoms with E-state index in [2.05, 4.69) is 10.4 Å². The smallest absolute Gasteiger partial charge is 0.273 e. The van der Waals surface area contributed by atoms with Gasteiger partial charge in [0.2, 0.25) is 5.91 Å². The number of aromatic amines is 1. The van der Waals surface area contributed by atoms with Crippen molar-refractivity contribution in [2.45, 2.75) is 13.1 Å². The molecule has 6 heteroatoms. The molecule has 23 heavy (non-hydrogen) atoms. The second-order valence-electron chi connectivity index (χ2n) is 5.14. The first-order valence-corrected chi connectivity index (χ1v) is 7.17. The maximum Gasteiger partial charge on any atom is 0.273 e. The summed E-state index contributed by atoms with van der Waals surface area (Å²) in [5.41, 5.74) is 0.173. The van der Waals surface area contributed by atoms with E-state index in [0.717, 1.165) is 10.2 Å². The summed E-state index contributed by atoms with van der Waals surface area (Å²) < 4.78 is 1.03. The van der Waals surface area contributed by atoms with Gasteiger partial charge in [0.15, 0.2) is 0 Å². The number of rotatable bonds is 4. The van der Waals surface area contributed by atoms with Crippen LogP contribution in [0.1, 0.15) is 5.56 Å². The molecule has 0 atom stereocenters. The molecule has 0 aliphatic heterocycles. The molecule has 2 aromatic carbocycles. The van der Waals surface area contributed by atoms with Gasteiger partial charge < -0.3 is 5.32 Å². The molecule has 1 aromatic heterocycles. The molecule has 0 fully saturated rings. The zero-order chi connectivity index (χ0) is 16.2. The molecule has 0 saturated carbocycles. The summed E-state index contributed by atoms with van der Waals surface area (Å²) in [6.07, 6.45) is 0. The predicted molar refractivity (Wildman–Crippen MR) is 87.1 cm³/mol. The van der Waals surface area contributed by atoms with Crippen molar-refractivity contribution in [3.05, 3.63) is 80.9 Å². The van der Waals surface area contributed by atoms with Gasteiger partial charge in [-0.15, -0.1) is 0 Å². The number of carbonyl (C=O) groups excluding carboxylic acids is 1. The van der Waals surface area contributed by atoms with Gasteiger partial charge in [-0.05, 0) is 17.7 Å². The Morgan fingerprint density at radius 1 is 0.957 bits per heavy atom. The van der Waals surface area contributed by atoms with E-state index in [1.54, 1.807) is 24.3 Å². The van der Waals surface area contributed by atoms with E-state index in [0.29, 0.717) is 17.3 Å². The topological polar surface area (TPSA) is 84.0 Å². The number of nitrogens with one attached hydrogen (secondary N) is 2. The molecule has 0 radical (unpaired) electrons. The van der Waals surface area contributed by atoms with Crippen LogP contribution in [0.3, 0.4) is 0 Å². The third kappa shape index (κ3) is 3.21. The molecule has 0 aliphatic rings. The summed E-state index contributed by atoms with van der Waals surface area (Å²) in [4.78, 5) is 36.3. The zero-order valence-electron chi connectivity index (χ0n) is 12.3. The van der Waals surface area contributed by atoms with Crippen molar-refractivity contribution in [2.75, 3.05) is 0 Å². The normalized spacial score (nSPS) is 10.6. The van der Waals surface area contributed by atoms with E-state index in [1.807, 2.05) is 30.3 Å². The SMILES string of the molecule is O=C(Cn1[nH]c(=O)c2ccccc2c1=O)NCc1ccccc1. The minimum absolute atomic E-state index is 0.230. The van der Waals surface area contributed by atoms with Crippen LogP contribution in [0.4, 0.5) is 0 Å². The van der Waals surface area contributed by atoms with Gasteiger partial charge in [0.05, 0.1) is 10.8 Å². The summed E-state index contributed by atoms with van der Waals surface area (Å²) >= 11 is 0. The molecule has 3 rings (SSSR count). The van der Waals surface area contributed by atoms with Crippen molar-refractivity contribution in [1.29, 1.82) is 0 Å². The first kappa shape index (κ1) is 14.8. The van der Waals surface area contributed by atoms with Gasteiger partial charge in [-0.2, -0.15) is 0 Å². The largest absolute Gasteiger partial charge is 0.350 e. The van der Waals surface area contributed by atoms with Crippen LogP contribution < -0.4 is 16.4 Å². The number of hydrogen-bond acceptors (Lipinski definition) is 3. The van der Waals surface area contributed by atoms with Gasteiger partial charge in [-0.3, -0.25) is 19.5 Å². The Morgan fingerprint density at radius 3 is 2.35 bits per heavy atom. The number of H-pyrrole nitrogens is 1. The van der Waals surface area contributed by atoms with Crippen molar-refractivity contribution in [1.82, 2.24) is 15.1 Å². The highest BCUT2D eigenvalue weighted by atomic mass is 16.2. The highest BCUT2D eigenvalue weighted by molar-refractivity contribution is 5.81. The van der Waals surface area contributed by atoms with E-state index in [1.165, 1.54) is 0 Å². The Bertz CT molecular complexity index is 958. The van der Waals surface area contributed by atoms with Gasteiger partial charge in [-0.25, -0.2) is 4.68 Å². The van der Waals surface area contributed by atoms with Crippen LogP contribution in [-0.4, -0.2) is 15.7 Å². The summed E-state index contributed by atoms with van der Waals surface area (Å²) in [6.45, 7) is 0.137. The van der Waals surface area contributed by atoms with Gasteiger partial charge >= 0.3 is 0 Å². The Hall–Kier alpha value is -3.15. The van der Waals surface area contributed by atoms with Crippen molar-refractivity contribution in [3.8, 4) is 0 Å². The minimum Gasteiger partial charge on any atom is -0.350 e. The zero-order valence-corrected chi connectivity index (χ0v) is 12.3. The standard InChI is InChI=1S/C17H15N3O3/c21-15(18-10-12-6-2-1-3-7-12)11-20-17(23)14-9-5-4-8-13(14)16(22)19-20/h1-9H,10-11H2,(H,18,21)(H,19,22). The van der Waals surface area contributed by atoms with Crippen LogP contribution >= 0.6 is 0 Å². The number of carbonyl (C=O) groups is 1. The summed E-state index contributed by atoms with van der Waals surface area (Å²) in [7, 11) is 0. The lowest BCUT2D eigenvalue weighted by Crippen LogP contribution is -2.36. The maximum absolute atomic E-state index is 12.3. The van der Waals surface area contributed by atoms with Gasteiger partial charge in [0.1, 0.15) is 6.54 Å². The van der Waals surface area contributed by atoms with Crippen molar-refractivity contribution >= 4 is 16.7 Å². The second kappa shape index (κ2) is 6.31. The lowest BCUT2D eigenvalue weighted by atomic mass is 10.2. The van der Waals surface area contributed by atoms with Crippen molar-refractivity contribution in [3.63, 3.8) is 0 Å². The summed E-state index contributed by atoms with van der Waals surface area (Å²) in [5, 5.41) is 5.77. The number of fused-ring (bicyclic) bond motifs is 1. The fourth-order valence-corrected chi connectivity index (χ4v) is 2.35. The van der Waals surface area contributed by atoms with Gasteiger partial charge in [-0.1, -0.05) is 42.5 Å². The number of nitrogens with zero attached hydrogens (tertiary/aromatic N) is 1. The number of benzene rings is 2. The third-order valence-electron chi connectivity index (χ3n) is 3.52. The quantitative estimate of drug-likeness (QED) is 0.754. The molecular formula is C17H15N3O3. The van der Waals surface area contributed by atoms with Crippen LogP contribution in [-0.2, 0) is 17.9 Å². The van der Waals surface area contributed by atoms with E-state index in [9.17, 15) is 14.4 Å². The lowest BCUT2D eigenvalue weighted by molar-refractivity contribution is -0.122. The predicted octanol–water partition coefficient (Wildman–Crippen LogP) is 1.01. The first-order chi connectivity index (χ1) is 11.1. The Morgan fingerprint density at radius 2 is 1.61 bits per heavy atom. The lowest BCUT2D eigenvalue weighted by Gasteiger charge is -2.08. The van der Waals surface area contributed by atoms with Crippen LogP contribution in [0.25, 0.3) is 10.8 Å². The van der Waals surface area contributed by atoms with Crippen LogP contribution in [0.15, 0.2) is 64.2 Å². The molecule has 0 spiro atoms. The second-order valence-corrected chi connectivity index (χ2v) is 5.14. The monoisotopic (exact) mass is 309 g/mol. The fourth-order valence-electron chi connectivity index (χ4n) is 2.35. The Balaban J connectivity index is 1.79. The van der Waals surface area contributed by atoms with Crippen molar-refractivity contribution < 1.29 is 4.79 Å². The molecule has 0 unspecified atom stereocenters. The van der Waals surface area contributed by atoms with Crippen LogP contribution in [0.5, 0.6) is 0 Å². The summed E-state index contributed by atoms with van der Waals surface area (Å²) in [6, 6.07) is 16.0. The Kier molecular flexibility index (Phi) is 4.05. The molecule has 1 heterocycles. The minimum atomic E-state index is -0.393. The van der Waals surface area contributed by atoms with Crippen molar-refractivity contribution in [2.24, 2.45) is 0 Å². The van der Waals surface area contributed by atoms with E-state index < -0.39 is 11.1 Å². The molecule has 0 aliphatic carbocycles. The summed E-state index contributed by atoms with van der Waals surface area (Å²) in [5.74, 6) is -0.345. The molecule has 6 nitrogen and oxygen atoms in total. The molecule has 0 saturated heterocycles. The highest BCUT2D eigenvalue weighted by Crippen LogP contribution is 2.02. The van der Waals surface area contributed by atoms with Gasteiger partial charge in [0, 0.05) is 6.54 Å². The van der Waals surface area contributed by atoms with Crippen LogP contribution in [0, 0.1) is 0 Å². The maximum atomic E-state index is 12.3. The number of amides is 1. The number of aromatic nitrogens is 2. The Labute approximate surface area is 131 Å². The van der Waals surface area contributed by atoms with E-state index in [4.69, 9.17) is 0 Å². The number of hydrogen-bond donors (Lipinski definition) is 2. The average Bonchev–Trinajstić information content (AvgIpc) is 2.59. The van der Waals surface area contributed by atoms with Crippen LogP contribution in [0.2, 0.25) is 0 Å². The molecule has 1 amide bonds. The molecular weight excluding hydrogens is 294 g/mol. The first-order valence-electron chi connectivity index (χ1n) is 7.17.